The Morgan fingerprint density at radius 2 is 1.91 bits per heavy atom. The van der Waals surface area contributed by atoms with Crippen LogP contribution in [0.1, 0.15) is 11.6 Å². The molecule has 3 heterocycles. The first-order chi connectivity index (χ1) is 10.8. The van der Waals surface area contributed by atoms with Crippen LogP contribution in [0.5, 0.6) is 0 Å². The minimum absolute atomic E-state index is 0.279. The van der Waals surface area contributed by atoms with Crippen LogP contribution in [0, 0.1) is 0 Å². The first-order valence-corrected chi connectivity index (χ1v) is 7.37. The lowest BCUT2D eigenvalue weighted by atomic mass is 10.0. The summed E-state index contributed by atoms with van der Waals surface area (Å²) in [6, 6.07) is 14.7. The monoisotopic (exact) mass is 295 g/mol. The molecule has 1 aliphatic rings. The maximum absolute atomic E-state index is 4.55. The summed E-state index contributed by atoms with van der Waals surface area (Å²) in [5, 5.41) is 16.0. The van der Waals surface area contributed by atoms with Gasteiger partial charge in [0.15, 0.2) is 11.5 Å². The minimum Gasteiger partial charge on any atom is -0.346 e. The number of hydrogen-bond acceptors (Lipinski definition) is 6. The third-order valence-electron chi connectivity index (χ3n) is 4.12. The SMILES string of the molecule is CN1CCN(c2ccc3nnnn3n2)[C@H](c2ccccc2)C1. The summed E-state index contributed by atoms with van der Waals surface area (Å²) >= 11 is 0. The van der Waals surface area contributed by atoms with Gasteiger partial charge in [0.1, 0.15) is 0 Å². The molecule has 0 unspecified atom stereocenters. The Morgan fingerprint density at radius 1 is 1.05 bits per heavy atom. The second kappa shape index (κ2) is 5.34. The smallest absolute Gasteiger partial charge is 0.200 e. The number of benzene rings is 1. The lowest BCUT2D eigenvalue weighted by molar-refractivity contribution is 0.267. The van der Waals surface area contributed by atoms with Gasteiger partial charge in [-0.1, -0.05) is 30.3 Å². The highest BCUT2D eigenvalue weighted by Crippen LogP contribution is 2.28. The molecule has 1 aromatic carbocycles. The number of tetrazole rings is 1. The third kappa shape index (κ3) is 2.29. The van der Waals surface area contributed by atoms with Crippen LogP contribution in [0.25, 0.3) is 5.65 Å². The zero-order chi connectivity index (χ0) is 14.9. The summed E-state index contributed by atoms with van der Waals surface area (Å²) < 4.78 is 1.48. The first kappa shape index (κ1) is 13.1. The van der Waals surface area contributed by atoms with Crippen molar-refractivity contribution in [2.75, 3.05) is 31.6 Å². The number of hydrogen-bond donors (Lipinski definition) is 0. The Morgan fingerprint density at radius 3 is 2.77 bits per heavy atom. The molecule has 2 aromatic heterocycles. The van der Waals surface area contributed by atoms with E-state index in [-0.39, 0.29) is 6.04 Å². The molecule has 0 N–H and O–H groups in total. The van der Waals surface area contributed by atoms with E-state index in [1.807, 2.05) is 18.2 Å². The molecule has 3 aromatic rings. The highest BCUT2D eigenvalue weighted by molar-refractivity contribution is 5.47. The molecule has 0 spiro atoms. The second-order valence-electron chi connectivity index (χ2n) is 5.60. The lowest BCUT2D eigenvalue weighted by Gasteiger charge is -2.40. The molecule has 1 atom stereocenters. The quantitative estimate of drug-likeness (QED) is 0.703. The molecule has 0 aliphatic carbocycles. The van der Waals surface area contributed by atoms with Gasteiger partial charge in [-0.25, -0.2) is 0 Å². The van der Waals surface area contributed by atoms with Crippen LogP contribution in [0.15, 0.2) is 42.5 Å². The van der Waals surface area contributed by atoms with Crippen molar-refractivity contribution >= 4 is 11.5 Å². The second-order valence-corrected chi connectivity index (χ2v) is 5.60. The van der Waals surface area contributed by atoms with E-state index in [9.17, 15) is 0 Å². The van der Waals surface area contributed by atoms with E-state index < -0.39 is 0 Å². The summed E-state index contributed by atoms with van der Waals surface area (Å²) in [6.07, 6.45) is 0. The topological polar surface area (TPSA) is 62.5 Å². The first-order valence-electron chi connectivity index (χ1n) is 7.37. The lowest BCUT2D eigenvalue weighted by Crippen LogP contribution is -2.47. The predicted octanol–water partition coefficient (Wildman–Crippen LogP) is 1.01. The molecule has 0 saturated carbocycles. The summed E-state index contributed by atoms with van der Waals surface area (Å²) in [5.74, 6) is 0.904. The molecular weight excluding hydrogens is 278 g/mol. The summed E-state index contributed by atoms with van der Waals surface area (Å²) in [7, 11) is 2.16. The molecule has 22 heavy (non-hydrogen) atoms. The average molecular weight is 295 g/mol. The van der Waals surface area contributed by atoms with Gasteiger partial charge < -0.3 is 9.80 Å². The Kier molecular flexibility index (Phi) is 3.19. The maximum atomic E-state index is 4.55. The van der Waals surface area contributed by atoms with Crippen molar-refractivity contribution in [3.05, 3.63) is 48.0 Å². The van der Waals surface area contributed by atoms with E-state index in [1.165, 1.54) is 10.2 Å². The number of anilines is 1. The van der Waals surface area contributed by atoms with Gasteiger partial charge in [-0.15, -0.1) is 14.8 Å². The van der Waals surface area contributed by atoms with Crippen molar-refractivity contribution in [1.29, 1.82) is 0 Å². The fourth-order valence-corrected chi connectivity index (χ4v) is 2.95. The van der Waals surface area contributed by atoms with Crippen LogP contribution in [-0.2, 0) is 0 Å². The standard InChI is InChI=1S/C15H17N7/c1-20-9-10-21(13(11-20)12-5-3-2-4-6-12)15-8-7-14-16-18-19-22(14)17-15/h2-8,13H,9-11H2,1H3/t13-/m0/s1. The van der Waals surface area contributed by atoms with E-state index in [1.54, 1.807) is 0 Å². The van der Waals surface area contributed by atoms with E-state index >= 15 is 0 Å². The van der Waals surface area contributed by atoms with E-state index in [4.69, 9.17) is 0 Å². The Balaban J connectivity index is 1.73. The summed E-state index contributed by atoms with van der Waals surface area (Å²) in [6.45, 7) is 2.91. The predicted molar refractivity (Wildman–Crippen MR) is 82.6 cm³/mol. The molecule has 4 rings (SSSR count). The molecule has 1 aliphatic heterocycles. The highest BCUT2D eigenvalue weighted by atomic mass is 15.6. The number of aromatic nitrogens is 5. The van der Waals surface area contributed by atoms with Crippen LogP contribution >= 0.6 is 0 Å². The van der Waals surface area contributed by atoms with Gasteiger partial charge in [0.05, 0.1) is 6.04 Å². The maximum Gasteiger partial charge on any atom is 0.200 e. The zero-order valence-electron chi connectivity index (χ0n) is 12.4. The van der Waals surface area contributed by atoms with Crippen LogP contribution in [0.4, 0.5) is 5.82 Å². The van der Waals surface area contributed by atoms with Crippen LogP contribution in [0.2, 0.25) is 0 Å². The molecule has 0 radical (unpaired) electrons. The van der Waals surface area contributed by atoms with Crippen molar-refractivity contribution in [2.24, 2.45) is 0 Å². The Hall–Kier alpha value is -2.54. The largest absolute Gasteiger partial charge is 0.346 e. The molecule has 1 saturated heterocycles. The fraction of sp³-hybridized carbons (Fsp3) is 0.333. The number of likely N-dealkylation sites (N-methyl/N-ethyl adjacent to an activating group) is 1. The van der Waals surface area contributed by atoms with Crippen LogP contribution in [0.3, 0.4) is 0 Å². The van der Waals surface area contributed by atoms with Crippen molar-refractivity contribution in [2.45, 2.75) is 6.04 Å². The van der Waals surface area contributed by atoms with Crippen LogP contribution < -0.4 is 4.90 Å². The van der Waals surface area contributed by atoms with Crippen molar-refractivity contribution in [3.63, 3.8) is 0 Å². The van der Waals surface area contributed by atoms with Gasteiger partial charge in [-0.3, -0.25) is 0 Å². The number of piperazine rings is 1. The van der Waals surface area contributed by atoms with E-state index in [0.29, 0.717) is 5.65 Å². The van der Waals surface area contributed by atoms with Crippen molar-refractivity contribution < 1.29 is 0 Å². The average Bonchev–Trinajstić information content (AvgIpc) is 3.03. The minimum atomic E-state index is 0.279. The number of rotatable bonds is 2. The third-order valence-corrected chi connectivity index (χ3v) is 4.12. The molecule has 7 nitrogen and oxygen atoms in total. The van der Waals surface area contributed by atoms with E-state index in [0.717, 1.165) is 25.5 Å². The fourth-order valence-electron chi connectivity index (χ4n) is 2.95. The van der Waals surface area contributed by atoms with Gasteiger partial charge in [-0.05, 0) is 35.2 Å². The molecular formula is C15H17N7. The molecule has 0 bridgehead atoms. The Bertz CT molecular complexity index is 770. The number of fused-ring (bicyclic) bond motifs is 1. The molecule has 7 heteroatoms. The summed E-state index contributed by atoms with van der Waals surface area (Å²) in [4.78, 5) is 4.68. The van der Waals surface area contributed by atoms with Gasteiger partial charge >= 0.3 is 0 Å². The molecule has 112 valence electrons. The van der Waals surface area contributed by atoms with Crippen LogP contribution in [-0.4, -0.2) is 56.8 Å². The normalized spacial score (nSPS) is 19.7. The van der Waals surface area contributed by atoms with Gasteiger partial charge in [0, 0.05) is 19.6 Å². The molecule has 0 amide bonds. The summed E-state index contributed by atoms with van der Waals surface area (Å²) in [5.41, 5.74) is 1.96. The van der Waals surface area contributed by atoms with Gasteiger partial charge in [0.2, 0.25) is 0 Å². The van der Waals surface area contributed by atoms with Crippen molar-refractivity contribution in [3.8, 4) is 0 Å². The number of nitrogens with zero attached hydrogens (tertiary/aromatic N) is 7. The van der Waals surface area contributed by atoms with E-state index in [2.05, 4.69) is 61.7 Å². The van der Waals surface area contributed by atoms with Crippen molar-refractivity contribution in [1.82, 2.24) is 30.2 Å². The van der Waals surface area contributed by atoms with Gasteiger partial charge in [-0.2, -0.15) is 0 Å². The van der Waals surface area contributed by atoms with Gasteiger partial charge in [0.25, 0.3) is 0 Å². The zero-order valence-corrected chi connectivity index (χ0v) is 12.4. The highest BCUT2D eigenvalue weighted by Gasteiger charge is 2.27. The Labute approximate surface area is 128 Å². The molecule has 1 fully saturated rings.